The molecule has 2 aromatic carbocycles. The highest BCUT2D eigenvalue weighted by Gasteiger charge is 2.19. The first-order chi connectivity index (χ1) is 33.3. The van der Waals surface area contributed by atoms with Crippen molar-refractivity contribution < 1.29 is 38.1 Å². The summed E-state index contributed by atoms with van der Waals surface area (Å²) in [7, 11) is 0. The Kier molecular flexibility index (Phi) is 36.4. The van der Waals surface area contributed by atoms with E-state index in [4.69, 9.17) is 18.9 Å². The van der Waals surface area contributed by atoms with Gasteiger partial charge in [-0.2, -0.15) is 0 Å². The van der Waals surface area contributed by atoms with E-state index in [-0.39, 0.29) is 11.1 Å². The summed E-state index contributed by atoms with van der Waals surface area (Å²) >= 11 is 0. The van der Waals surface area contributed by atoms with Gasteiger partial charge in [-0.15, -0.1) is 0 Å². The normalized spacial score (nSPS) is 10.9. The van der Waals surface area contributed by atoms with Crippen LogP contribution in [0.4, 0.5) is 0 Å². The van der Waals surface area contributed by atoms with E-state index in [9.17, 15) is 19.2 Å². The molecule has 0 unspecified atom stereocenters. The standard InChI is InChI=1S/C56H94N4O8/c1-5-9-13-17-21-25-29-33-41-65-49-39-37-47(45-51(49)67-43-35-31-27-23-19-15-11-7-3)53(61)57-59-55(63)56(64)60-58-54(62)48-38-40-50(66-42-34-30-26-22-18-14-10-6-2)52(46-48)68-44-36-32-28-24-20-16-12-8-4/h37-40,45-46H,5-36,41-44H2,1-4H3,(H,57,61)(H,58,62)(H,59,63)(H,60,64). The third-order valence-corrected chi connectivity index (χ3v) is 12.2. The highest BCUT2D eigenvalue weighted by molar-refractivity contribution is 6.35. The van der Waals surface area contributed by atoms with E-state index in [0.717, 1.165) is 64.2 Å². The van der Waals surface area contributed by atoms with Crippen LogP contribution in [0.2, 0.25) is 0 Å². The summed E-state index contributed by atoms with van der Waals surface area (Å²) in [5.41, 5.74) is 9.28. The fraction of sp³-hybridized carbons (Fsp3) is 0.714. The molecule has 68 heavy (non-hydrogen) atoms. The predicted molar refractivity (Wildman–Crippen MR) is 277 cm³/mol. The van der Waals surface area contributed by atoms with Gasteiger partial charge < -0.3 is 18.9 Å². The number of rotatable bonds is 42. The van der Waals surface area contributed by atoms with Crippen molar-refractivity contribution in [2.24, 2.45) is 0 Å². The van der Waals surface area contributed by atoms with Gasteiger partial charge in [0.05, 0.1) is 26.4 Å². The molecule has 2 rings (SSSR count). The van der Waals surface area contributed by atoms with Gasteiger partial charge in [-0.3, -0.25) is 40.9 Å². The molecule has 0 radical (unpaired) electrons. The van der Waals surface area contributed by atoms with Crippen molar-refractivity contribution in [2.45, 2.75) is 233 Å². The second-order valence-corrected chi connectivity index (χ2v) is 18.4. The maximum atomic E-state index is 13.2. The van der Waals surface area contributed by atoms with Crippen LogP contribution in [0.3, 0.4) is 0 Å². The zero-order valence-electron chi connectivity index (χ0n) is 43.2. The number of hydrogen-bond donors (Lipinski definition) is 4. The smallest absolute Gasteiger partial charge is 0.329 e. The largest absolute Gasteiger partial charge is 0.490 e. The highest BCUT2D eigenvalue weighted by atomic mass is 16.5. The van der Waals surface area contributed by atoms with Gasteiger partial charge in [-0.1, -0.05) is 207 Å². The Morgan fingerprint density at radius 1 is 0.309 bits per heavy atom. The van der Waals surface area contributed by atoms with Crippen LogP contribution in [0, 0.1) is 0 Å². The van der Waals surface area contributed by atoms with Crippen LogP contribution in [0.1, 0.15) is 254 Å². The molecule has 0 spiro atoms. The number of amides is 4. The molecule has 0 aliphatic heterocycles. The van der Waals surface area contributed by atoms with Crippen molar-refractivity contribution in [3.8, 4) is 23.0 Å². The van der Waals surface area contributed by atoms with Crippen LogP contribution in [0.25, 0.3) is 0 Å². The van der Waals surface area contributed by atoms with Crippen molar-refractivity contribution in [3.05, 3.63) is 47.5 Å². The predicted octanol–water partition coefficient (Wildman–Crippen LogP) is 14.0. The molecular formula is C56H94N4O8. The summed E-state index contributed by atoms with van der Waals surface area (Å²) in [5.74, 6) is -1.60. The van der Waals surface area contributed by atoms with Gasteiger partial charge in [0.15, 0.2) is 23.0 Å². The van der Waals surface area contributed by atoms with E-state index in [2.05, 4.69) is 49.4 Å². The molecule has 0 fully saturated rings. The Bertz CT molecular complexity index is 1500. The Hall–Kier alpha value is -4.48. The minimum absolute atomic E-state index is 0.218. The molecule has 0 aromatic heterocycles. The van der Waals surface area contributed by atoms with E-state index in [1.165, 1.54) is 141 Å². The number of unbranched alkanes of at least 4 members (excludes halogenated alkanes) is 28. The van der Waals surface area contributed by atoms with Crippen LogP contribution in [-0.4, -0.2) is 50.1 Å². The van der Waals surface area contributed by atoms with Crippen LogP contribution in [0.15, 0.2) is 36.4 Å². The molecule has 0 atom stereocenters. The molecule has 0 saturated heterocycles. The number of carbonyl (C=O) groups is 4. The van der Waals surface area contributed by atoms with Crippen molar-refractivity contribution in [3.63, 3.8) is 0 Å². The summed E-state index contributed by atoms with van der Waals surface area (Å²) in [6, 6.07) is 9.78. The molecule has 12 heteroatoms. The van der Waals surface area contributed by atoms with Gasteiger partial charge >= 0.3 is 11.8 Å². The summed E-state index contributed by atoms with van der Waals surface area (Å²) in [4.78, 5) is 51.8. The van der Waals surface area contributed by atoms with Gasteiger partial charge in [0, 0.05) is 11.1 Å². The van der Waals surface area contributed by atoms with E-state index >= 15 is 0 Å². The third kappa shape index (κ3) is 29.4. The Labute approximate surface area is 412 Å². The Morgan fingerprint density at radius 2 is 0.544 bits per heavy atom. The lowest BCUT2D eigenvalue weighted by Crippen LogP contribution is -2.52. The molecule has 4 amide bonds. The average Bonchev–Trinajstić information content (AvgIpc) is 3.35. The van der Waals surface area contributed by atoms with Gasteiger partial charge in [-0.05, 0) is 62.1 Å². The fourth-order valence-corrected chi connectivity index (χ4v) is 7.92. The lowest BCUT2D eigenvalue weighted by atomic mass is 10.1. The maximum absolute atomic E-state index is 13.2. The van der Waals surface area contributed by atoms with Gasteiger partial charge in [0.2, 0.25) is 0 Å². The molecular weight excluding hydrogens is 857 g/mol. The Balaban J connectivity index is 1.94. The molecule has 0 saturated carbocycles. The summed E-state index contributed by atoms with van der Waals surface area (Å²) in [6.07, 6.45) is 37.9. The Morgan fingerprint density at radius 3 is 0.809 bits per heavy atom. The van der Waals surface area contributed by atoms with E-state index in [0.29, 0.717) is 49.4 Å². The van der Waals surface area contributed by atoms with Crippen LogP contribution >= 0.6 is 0 Å². The van der Waals surface area contributed by atoms with Crippen molar-refractivity contribution in [1.29, 1.82) is 0 Å². The van der Waals surface area contributed by atoms with E-state index in [1.807, 2.05) is 0 Å². The SMILES string of the molecule is CCCCCCCCCCOc1ccc(C(=O)NNC(=O)C(=O)NNC(=O)c2ccc(OCCCCCCCCCC)c(OCCCCCCCCCC)c2)cc1OCCCCCCCCCC. The van der Waals surface area contributed by atoms with Gasteiger partial charge in [0.25, 0.3) is 11.8 Å². The highest BCUT2D eigenvalue weighted by Crippen LogP contribution is 2.31. The minimum atomic E-state index is -1.17. The average molecular weight is 951 g/mol. The molecule has 0 bridgehead atoms. The lowest BCUT2D eigenvalue weighted by Gasteiger charge is -2.15. The molecule has 386 valence electrons. The van der Waals surface area contributed by atoms with E-state index < -0.39 is 23.6 Å². The second-order valence-electron chi connectivity index (χ2n) is 18.4. The topological polar surface area (TPSA) is 153 Å². The number of benzene rings is 2. The molecule has 0 aliphatic rings. The first-order valence-corrected chi connectivity index (χ1v) is 27.3. The van der Waals surface area contributed by atoms with Crippen LogP contribution < -0.4 is 40.7 Å². The number of hydrazine groups is 2. The van der Waals surface area contributed by atoms with E-state index in [1.54, 1.807) is 36.4 Å². The zero-order chi connectivity index (χ0) is 49.1. The third-order valence-electron chi connectivity index (χ3n) is 12.2. The number of carbonyl (C=O) groups excluding carboxylic acids is 4. The summed E-state index contributed by atoms with van der Waals surface area (Å²) in [5, 5.41) is 0. The van der Waals surface area contributed by atoms with Crippen molar-refractivity contribution >= 4 is 23.6 Å². The van der Waals surface area contributed by atoms with Crippen molar-refractivity contribution in [1.82, 2.24) is 21.7 Å². The number of ether oxygens (including phenoxy) is 4. The van der Waals surface area contributed by atoms with Gasteiger partial charge in [0.1, 0.15) is 0 Å². The van der Waals surface area contributed by atoms with Crippen LogP contribution in [0.5, 0.6) is 23.0 Å². The zero-order valence-corrected chi connectivity index (χ0v) is 43.2. The summed E-state index contributed by atoms with van der Waals surface area (Å²) in [6.45, 7) is 11.0. The first-order valence-electron chi connectivity index (χ1n) is 27.3. The molecule has 0 heterocycles. The molecule has 0 aliphatic carbocycles. The minimum Gasteiger partial charge on any atom is -0.490 e. The van der Waals surface area contributed by atoms with Crippen LogP contribution in [-0.2, 0) is 9.59 Å². The maximum Gasteiger partial charge on any atom is 0.329 e. The number of hydrogen-bond acceptors (Lipinski definition) is 8. The van der Waals surface area contributed by atoms with Gasteiger partial charge in [-0.25, -0.2) is 0 Å². The monoisotopic (exact) mass is 951 g/mol. The summed E-state index contributed by atoms with van der Waals surface area (Å²) < 4.78 is 24.6. The molecule has 12 nitrogen and oxygen atoms in total. The van der Waals surface area contributed by atoms with Crippen molar-refractivity contribution in [2.75, 3.05) is 26.4 Å². The fourth-order valence-electron chi connectivity index (χ4n) is 7.92. The quantitative estimate of drug-likeness (QED) is 0.0291. The second kappa shape index (κ2) is 41.5. The lowest BCUT2D eigenvalue weighted by molar-refractivity contribution is -0.140. The first kappa shape index (κ1) is 59.6. The molecule has 2 aromatic rings. The molecule has 4 N–H and O–H groups in total. The number of nitrogens with one attached hydrogen (secondary N) is 4.